The molecule has 0 unspecified atom stereocenters. The minimum atomic E-state index is -4.47. The predicted octanol–water partition coefficient (Wildman–Crippen LogP) is 3.78. The van der Waals surface area contributed by atoms with E-state index in [1.807, 2.05) is 0 Å². The van der Waals surface area contributed by atoms with Gasteiger partial charge in [-0.05, 0) is 29.7 Å². The minimum Gasteiger partial charge on any atom is -0.386 e. The second kappa shape index (κ2) is 8.83. The summed E-state index contributed by atoms with van der Waals surface area (Å²) in [6.45, 7) is 1.71. The monoisotopic (exact) mass is 396 g/mol. The first-order valence-electron chi connectivity index (χ1n) is 8.49. The summed E-state index contributed by atoms with van der Waals surface area (Å²) in [5.41, 5.74) is -0.283. The molecule has 28 heavy (non-hydrogen) atoms. The number of non-ortho nitro benzene ring substituents is 1. The van der Waals surface area contributed by atoms with E-state index in [-0.39, 0.29) is 17.7 Å². The Morgan fingerprint density at radius 2 is 1.86 bits per heavy atom. The van der Waals surface area contributed by atoms with Crippen molar-refractivity contribution in [2.45, 2.75) is 38.1 Å². The van der Waals surface area contributed by atoms with Crippen LogP contribution in [0.25, 0.3) is 0 Å². The molecule has 2 rings (SSSR count). The molecule has 1 amide bonds. The zero-order valence-electron chi connectivity index (χ0n) is 14.9. The highest BCUT2D eigenvalue weighted by Gasteiger charge is 2.30. The number of aliphatic hydroxyl groups excluding tert-OH is 1. The Bertz CT molecular complexity index is 838. The molecule has 2 N–H and O–H groups in total. The van der Waals surface area contributed by atoms with Crippen LogP contribution < -0.4 is 5.32 Å². The molecule has 150 valence electrons. The third kappa shape index (κ3) is 5.53. The lowest BCUT2D eigenvalue weighted by atomic mass is 9.98. The summed E-state index contributed by atoms with van der Waals surface area (Å²) in [4.78, 5) is 22.5. The number of rotatable bonds is 7. The van der Waals surface area contributed by atoms with Crippen molar-refractivity contribution in [1.82, 2.24) is 5.32 Å². The molecule has 0 bridgehead atoms. The molecule has 0 heterocycles. The third-order valence-corrected chi connectivity index (χ3v) is 4.23. The highest BCUT2D eigenvalue weighted by Crippen LogP contribution is 2.30. The second-order valence-corrected chi connectivity index (χ2v) is 6.25. The van der Waals surface area contributed by atoms with E-state index in [1.54, 1.807) is 13.0 Å². The van der Waals surface area contributed by atoms with Gasteiger partial charge >= 0.3 is 6.18 Å². The first-order chi connectivity index (χ1) is 13.1. The number of alkyl halides is 3. The van der Waals surface area contributed by atoms with Crippen molar-refractivity contribution in [1.29, 1.82) is 0 Å². The summed E-state index contributed by atoms with van der Waals surface area (Å²) < 4.78 is 37.9. The van der Waals surface area contributed by atoms with Crippen LogP contribution in [0.4, 0.5) is 18.9 Å². The van der Waals surface area contributed by atoms with Crippen LogP contribution in [0.1, 0.15) is 36.1 Å². The van der Waals surface area contributed by atoms with Gasteiger partial charge in [-0.2, -0.15) is 13.2 Å². The van der Waals surface area contributed by atoms with E-state index in [1.165, 1.54) is 30.3 Å². The van der Waals surface area contributed by atoms with Gasteiger partial charge in [0.15, 0.2) is 0 Å². The number of carbonyl (C=O) groups excluding carboxylic acids is 1. The number of hydrogen-bond acceptors (Lipinski definition) is 4. The maximum atomic E-state index is 12.6. The normalized spacial score (nSPS) is 13.6. The van der Waals surface area contributed by atoms with Gasteiger partial charge < -0.3 is 10.4 Å². The highest BCUT2D eigenvalue weighted by atomic mass is 19.4. The first kappa shape index (κ1) is 21.4. The lowest BCUT2D eigenvalue weighted by Gasteiger charge is -2.23. The van der Waals surface area contributed by atoms with Gasteiger partial charge in [0.1, 0.15) is 0 Å². The lowest BCUT2D eigenvalue weighted by molar-refractivity contribution is -0.384. The van der Waals surface area contributed by atoms with E-state index in [0.29, 0.717) is 12.0 Å². The van der Waals surface area contributed by atoms with Crippen LogP contribution in [-0.2, 0) is 17.4 Å². The predicted molar refractivity (Wildman–Crippen MR) is 95.4 cm³/mol. The van der Waals surface area contributed by atoms with Crippen LogP contribution in [0, 0.1) is 10.1 Å². The molecule has 0 aromatic heterocycles. The van der Waals surface area contributed by atoms with E-state index in [0.717, 1.165) is 12.1 Å². The van der Waals surface area contributed by atoms with Crippen molar-refractivity contribution in [2.75, 3.05) is 0 Å². The van der Waals surface area contributed by atoms with E-state index in [4.69, 9.17) is 0 Å². The Morgan fingerprint density at radius 1 is 1.21 bits per heavy atom. The van der Waals surface area contributed by atoms with Crippen molar-refractivity contribution >= 4 is 11.6 Å². The van der Waals surface area contributed by atoms with Crippen LogP contribution in [0.15, 0.2) is 48.5 Å². The Hall–Kier alpha value is -2.94. The zero-order chi connectivity index (χ0) is 20.9. The Morgan fingerprint density at radius 3 is 2.39 bits per heavy atom. The largest absolute Gasteiger partial charge is 0.416 e. The zero-order valence-corrected chi connectivity index (χ0v) is 14.9. The number of nitro benzene ring substituents is 1. The van der Waals surface area contributed by atoms with E-state index in [9.17, 15) is 33.2 Å². The Kier molecular flexibility index (Phi) is 6.74. The molecule has 0 saturated carbocycles. The van der Waals surface area contributed by atoms with Crippen molar-refractivity contribution in [2.24, 2.45) is 0 Å². The van der Waals surface area contributed by atoms with E-state index in [2.05, 4.69) is 5.32 Å². The summed E-state index contributed by atoms with van der Waals surface area (Å²) in [7, 11) is 0. The van der Waals surface area contributed by atoms with Gasteiger partial charge in [-0.25, -0.2) is 0 Å². The van der Waals surface area contributed by atoms with E-state index >= 15 is 0 Å². The van der Waals surface area contributed by atoms with Gasteiger partial charge in [-0.1, -0.05) is 31.2 Å². The number of amides is 1. The molecule has 9 heteroatoms. The number of nitrogens with zero attached hydrogens (tertiary/aromatic N) is 1. The van der Waals surface area contributed by atoms with Crippen molar-refractivity contribution in [3.8, 4) is 0 Å². The SMILES string of the molecule is CC[C@H](NC(=O)Cc1cccc([N+](=O)[O-])c1)[C@@H](O)c1ccc(C(F)(F)F)cc1. The molecule has 2 aromatic carbocycles. The molecular weight excluding hydrogens is 377 g/mol. The van der Waals surface area contributed by atoms with Crippen LogP contribution in [0.5, 0.6) is 0 Å². The maximum Gasteiger partial charge on any atom is 0.416 e. The summed E-state index contributed by atoms with van der Waals surface area (Å²) in [6, 6.07) is 8.99. The lowest BCUT2D eigenvalue weighted by Crippen LogP contribution is -2.39. The number of hydrogen-bond donors (Lipinski definition) is 2. The standard InChI is InChI=1S/C19H19F3N2O4/c1-2-16(18(26)13-6-8-14(9-7-13)19(20,21)22)23-17(25)11-12-4-3-5-15(10-12)24(27)28/h3-10,16,18,26H,2,11H2,1H3,(H,23,25)/t16-,18-/m0/s1. The number of nitrogens with one attached hydrogen (secondary N) is 1. The molecule has 0 aliphatic carbocycles. The van der Waals surface area contributed by atoms with Gasteiger partial charge in [0, 0.05) is 12.1 Å². The van der Waals surface area contributed by atoms with Crippen molar-refractivity contribution in [3.63, 3.8) is 0 Å². The second-order valence-electron chi connectivity index (χ2n) is 6.25. The third-order valence-electron chi connectivity index (χ3n) is 4.23. The quantitative estimate of drug-likeness (QED) is 0.550. The Balaban J connectivity index is 2.05. The number of benzene rings is 2. The number of aliphatic hydroxyl groups is 1. The first-order valence-corrected chi connectivity index (χ1v) is 8.49. The summed E-state index contributed by atoms with van der Waals surface area (Å²) in [6.07, 6.45) is -5.46. The van der Waals surface area contributed by atoms with Gasteiger partial charge in [-0.15, -0.1) is 0 Å². The van der Waals surface area contributed by atoms with E-state index < -0.39 is 34.7 Å². The molecule has 2 atom stereocenters. The van der Waals surface area contributed by atoms with Crippen LogP contribution >= 0.6 is 0 Å². The molecule has 6 nitrogen and oxygen atoms in total. The number of halogens is 3. The summed E-state index contributed by atoms with van der Waals surface area (Å²) >= 11 is 0. The Labute approximate surface area is 159 Å². The van der Waals surface area contributed by atoms with Gasteiger partial charge in [0.05, 0.1) is 29.1 Å². The molecule has 0 radical (unpaired) electrons. The van der Waals surface area contributed by atoms with Crippen LogP contribution in [-0.4, -0.2) is 22.0 Å². The fourth-order valence-electron chi connectivity index (χ4n) is 2.73. The molecule has 0 aliphatic heterocycles. The van der Waals surface area contributed by atoms with Crippen molar-refractivity contribution < 1.29 is 28.0 Å². The summed E-state index contributed by atoms with van der Waals surface area (Å²) in [5, 5.41) is 23.8. The van der Waals surface area contributed by atoms with Crippen LogP contribution in [0.2, 0.25) is 0 Å². The van der Waals surface area contributed by atoms with Crippen molar-refractivity contribution in [3.05, 3.63) is 75.3 Å². The smallest absolute Gasteiger partial charge is 0.386 e. The topological polar surface area (TPSA) is 92.5 Å². The molecule has 2 aromatic rings. The average molecular weight is 396 g/mol. The fourth-order valence-corrected chi connectivity index (χ4v) is 2.73. The molecule has 0 aliphatic rings. The fraction of sp³-hybridized carbons (Fsp3) is 0.316. The van der Waals surface area contributed by atoms with Crippen LogP contribution in [0.3, 0.4) is 0 Å². The molecule has 0 saturated heterocycles. The number of nitro groups is 1. The molecule has 0 spiro atoms. The van der Waals surface area contributed by atoms with Gasteiger partial charge in [-0.3, -0.25) is 14.9 Å². The van der Waals surface area contributed by atoms with Gasteiger partial charge in [0.2, 0.25) is 5.91 Å². The molecular formula is C19H19F3N2O4. The van der Waals surface area contributed by atoms with Gasteiger partial charge in [0.25, 0.3) is 5.69 Å². The maximum absolute atomic E-state index is 12.6. The molecule has 0 fully saturated rings. The average Bonchev–Trinajstić information content (AvgIpc) is 2.65. The summed E-state index contributed by atoms with van der Waals surface area (Å²) in [5.74, 6) is -0.460. The number of carbonyl (C=O) groups is 1. The minimum absolute atomic E-state index is 0.127. The highest BCUT2D eigenvalue weighted by molar-refractivity contribution is 5.79.